The second-order valence-electron chi connectivity index (χ2n) is 8.58. The summed E-state index contributed by atoms with van der Waals surface area (Å²) >= 11 is 0. The van der Waals surface area contributed by atoms with E-state index in [-0.39, 0.29) is 0 Å². The van der Waals surface area contributed by atoms with Gasteiger partial charge in [-0.2, -0.15) is 5.10 Å². The molecule has 152 valence electrons. The van der Waals surface area contributed by atoms with E-state index in [1.807, 2.05) is 0 Å². The Morgan fingerprint density at radius 1 is 1.03 bits per heavy atom. The van der Waals surface area contributed by atoms with Crippen LogP contribution in [-0.4, -0.2) is 52.3 Å². The number of nitrogen functional groups attached to an aromatic ring is 1. The van der Waals surface area contributed by atoms with Gasteiger partial charge in [0.2, 0.25) is 0 Å². The largest absolute Gasteiger partial charge is 0.382 e. The van der Waals surface area contributed by atoms with Crippen molar-refractivity contribution >= 4 is 16.9 Å². The van der Waals surface area contributed by atoms with Crippen LogP contribution >= 0.6 is 0 Å². The van der Waals surface area contributed by atoms with Gasteiger partial charge in [0, 0.05) is 43.8 Å². The fourth-order valence-corrected chi connectivity index (χ4v) is 5.03. The van der Waals surface area contributed by atoms with Crippen LogP contribution in [0.1, 0.15) is 42.9 Å². The number of pyridine rings is 1. The Balaban J connectivity index is 1.43. The third-order valence-electron chi connectivity index (χ3n) is 6.72. The first-order valence-corrected chi connectivity index (χ1v) is 10.9. The first kappa shape index (κ1) is 18.6. The average Bonchev–Trinajstić information content (AvgIpc) is 3.15. The third kappa shape index (κ3) is 3.63. The van der Waals surface area contributed by atoms with Crippen LogP contribution in [0.25, 0.3) is 22.2 Å². The average molecular weight is 391 g/mol. The van der Waals surface area contributed by atoms with E-state index in [9.17, 15) is 0 Å². The van der Waals surface area contributed by atoms with E-state index < -0.39 is 0 Å². The molecule has 29 heavy (non-hydrogen) atoms. The minimum atomic E-state index is 0.507. The summed E-state index contributed by atoms with van der Waals surface area (Å²) in [5.41, 5.74) is 11.7. The van der Waals surface area contributed by atoms with E-state index in [1.54, 1.807) is 0 Å². The number of nitrogens with one attached hydrogen (secondary N) is 2. The second kappa shape index (κ2) is 7.76. The number of rotatable bonds is 3. The van der Waals surface area contributed by atoms with E-state index in [0.717, 1.165) is 35.7 Å². The molecule has 4 N–H and O–H groups in total. The molecule has 3 heterocycles. The number of aromatic nitrogens is 3. The molecule has 0 unspecified atom stereocenters. The molecule has 0 radical (unpaired) electrons. The molecule has 0 bridgehead atoms. The number of nitrogens with two attached hydrogens (primary N) is 1. The molecule has 1 saturated heterocycles. The van der Waals surface area contributed by atoms with Gasteiger partial charge in [-0.15, -0.1) is 0 Å². The molecular weight excluding hydrogens is 360 g/mol. The Labute approximate surface area is 171 Å². The van der Waals surface area contributed by atoms with Crippen LogP contribution in [0.3, 0.4) is 0 Å². The van der Waals surface area contributed by atoms with Crippen LogP contribution in [0.2, 0.25) is 0 Å². The van der Waals surface area contributed by atoms with E-state index in [0.29, 0.717) is 11.7 Å². The summed E-state index contributed by atoms with van der Waals surface area (Å²) in [5.74, 6) is 1.03. The Hall–Kier alpha value is -2.44. The van der Waals surface area contributed by atoms with Crippen molar-refractivity contribution in [3.05, 3.63) is 41.6 Å². The SMILES string of the molecule is Cc1ccc(-c2cc(C3CCC(N4CCNCC4)CC3)nc3[nH]nc(N)c23)cc1. The van der Waals surface area contributed by atoms with Crippen molar-refractivity contribution < 1.29 is 0 Å². The summed E-state index contributed by atoms with van der Waals surface area (Å²) < 4.78 is 0. The van der Waals surface area contributed by atoms with Crippen molar-refractivity contribution in [1.82, 2.24) is 25.4 Å². The van der Waals surface area contributed by atoms with Crippen LogP contribution < -0.4 is 11.1 Å². The van der Waals surface area contributed by atoms with Crippen molar-refractivity contribution in [2.75, 3.05) is 31.9 Å². The van der Waals surface area contributed by atoms with Crippen LogP contribution in [0.4, 0.5) is 5.82 Å². The van der Waals surface area contributed by atoms with Crippen molar-refractivity contribution in [3.63, 3.8) is 0 Å². The quantitative estimate of drug-likeness (QED) is 0.638. The van der Waals surface area contributed by atoms with Crippen LogP contribution in [0.15, 0.2) is 30.3 Å². The molecule has 2 aromatic heterocycles. The maximum absolute atomic E-state index is 6.18. The normalized spacial score (nSPS) is 23.5. The molecule has 1 aliphatic heterocycles. The molecule has 1 saturated carbocycles. The molecule has 3 aromatic rings. The molecule has 0 atom stereocenters. The fraction of sp³-hybridized carbons (Fsp3) is 0.478. The summed E-state index contributed by atoms with van der Waals surface area (Å²) in [6.07, 6.45) is 4.92. The zero-order valence-electron chi connectivity index (χ0n) is 17.1. The van der Waals surface area contributed by atoms with E-state index in [2.05, 4.69) is 57.7 Å². The van der Waals surface area contributed by atoms with Crippen LogP contribution in [0.5, 0.6) is 0 Å². The molecular formula is C23H30N6. The Morgan fingerprint density at radius 3 is 2.48 bits per heavy atom. The zero-order valence-corrected chi connectivity index (χ0v) is 17.1. The topological polar surface area (TPSA) is 82.9 Å². The number of fused-ring (bicyclic) bond motifs is 1. The van der Waals surface area contributed by atoms with Gasteiger partial charge in [0.1, 0.15) is 0 Å². The number of anilines is 1. The molecule has 0 amide bonds. The van der Waals surface area contributed by atoms with Crippen LogP contribution in [-0.2, 0) is 0 Å². The van der Waals surface area contributed by atoms with Gasteiger partial charge in [0.05, 0.1) is 5.39 Å². The molecule has 5 rings (SSSR count). The Bertz CT molecular complexity index is 979. The number of hydrogen-bond acceptors (Lipinski definition) is 5. The molecule has 0 spiro atoms. The highest BCUT2D eigenvalue weighted by Gasteiger charge is 2.28. The number of nitrogens with zero attached hydrogens (tertiary/aromatic N) is 3. The monoisotopic (exact) mass is 390 g/mol. The lowest BCUT2D eigenvalue weighted by atomic mass is 9.82. The summed E-state index contributed by atoms with van der Waals surface area (Å²) in [6, 6.07) is 11.6. The summed E-state index contributed by atoms with van der Waals surface area (Å²) in [6.45, 7) is 6.73. The minimum Gasteiger partial charge on any atom is -0.382 e. The summed E-state index contributed by atoms with van der Waals surface area (Å²) in [5, 5.41) is 11.7. The number of piperazine rings is 1. The van der Waals surface area contributed by atoms with Gasteiger partial charge in [0.15, 0.2) is 11.5 Å². The fourth-order valence-electron chi connectivity index (χ4n) is 5.03. The molecule has 1 aliphatic carbocycles. The standard InChI is InChI=1S/C23H30N6/c1-15-2-4-16(5-3-15)19-14-20(26-23-21(19)22(24)27-28-23)17-6-8-18(9-7-17)29-12-10-25-11-13-29/h2-5,14,17-18,25H,6-13H2,1H3,(H3,24,26,27,28). The molecule has 2 fully saturated rings. The lowest BCUT2D eigenvalue weighted by Crippen LogP contribution is -2.49. The first-order valence-electron chi connectivity index (χ1n) is 10.9. The highest BCUT2D eigenvalue weighted by molar-refractivity contribution is 6.00. The molecule has 6 heteroatoms. The highest BCUT2D eigenvalue weighted by atomic mass is 15.2. The summed E-state index contributed by atoms with van der Waals surface area (Å²) in [4.78, 5) is 7.62. The maximum Gasteiger partial charge on any atom is 0.158 e. The van der Waals surface area contributed by atoms with Crippen molar-refractivity contribution in [2.45, 2.75) is 44.6 Å². The predicted octanol–water partition coefficient (Wildman–Crippen LogP) is 3.45. The minimum absolute atomic E-state index is 0.507. The summed E-state index contributed by atoms with van der Waals surface area (Å²) in [7, 11) is 0. The zero-order chi connectivity index (χ0) is 19.8. The van der Waals surface area contributed by atoms with Crippen molar-refractivity contribution in [1.29, 1.82) is 0 Å². The number of aryl methyl sites for hydroxylation is 1. The molecule has 2 aliphatic rings. The van der Waals surface area contributed by atoms with Gasteiger partial charge >= 0.3 is 0 Å². The number of benzene rings is 1. The predicted molar refractivity (Wildman–Crippen MR) is 118 cm³/mol. The lowest BCUT2D eigenvalue weighted by molar-refractivity contribution is 0.132. The second-order valence-corrected chi connectivity index (χ2v) is 8.58. The van der Waals surface area contributed by atoms with E-state index in [4.69, 9.17) is 10.7 Å². The van der Waals surface area contributed by atoms with E-state index >= 15 is 0 Å². The van der Waals surface area contributed by atoms with Gasteiger partial charge < -0.3 is 11.1 Å². The number of aromatic amines is 1. The first-order chi connectivity index (χ1) is 14.2. The van der Waals surface area contributed by atoms with Gasteiger partial charge in [-0.3, -0.25) is 10.00 Å². The van der Waals surface area contributed by atoms with Gasteiger partial charge in [-0.25, -0.2) is 4.98 Å². The molecule has 1 aromatic carbocycles. The number of H-pyrrole nitrogens is 1. The Kier molecular flexibility index (Phi) is 4.97. The highest BCUT2D eigenvalue weighted by Crippen LogP contribution is 2.38. The maximum atomic E-state index is 6.18. The molecule has 6 nitrogen and oxygen atoms in total. The van der Waals surface area contributed by atoms with Crippen LogP contribution in [0, 0.1) is 6.92 Å². The van der Waals surface area contributed by atoms with Gasteiger partial charge in [-0.1, -0.05) is 29.8 Å². The van der Waals surface area contributed by atoms with Gasteiger partial charge in [-0.05, 0) is 49.8 Å². The Morgan fingerprint density at radius 2 is 1.76 bits per heavy atom. The third-order valence-corrected chi connectivity index (χ3v) is 6.72. The van der Waals surface area contributed by atoms with Crippen molar-refractivity contribution in [3.8, 4) is 11.1 Å². The number of hydrogen-bond donors (Lipinski definition) is 3. The van der Waals surface area contributed by atoms with Crippen molar-refractivity contribution in [2.24, 2.45) is 0 Å². The van der Waals surface area contributed by atoms with E-state index in [1.165, 1.54) is 55.6 Å². The lowest BCUT2D eigenvalue weighted by Gasteiger charge is -2.39. The smallest absolute Gasteiger partial charge is 0.158 e. The van der Waals surface area contributed by atoms with Gasteiger partial charge in [0.25, 0.3) is 0 Å².